The topological polar surface area (TPSA) is 45.5 Å². The lowest BCUT2D eigenvalue weighted by Crippen LogP contribution is -2.40. The lowest BCUT2D eigenvalue weighted by Gasteiger charge is -2.39. The second-order valence-corrected chi connectivity index (χ2v) is 7.40. The van der Waals surface area contributed by atoms with Gasteiger partial charge in [0.25, 0.3) is 0 Å². The molecule has 2 aromatic rings. The summed E-state index contributed by atoms with van der Waals surface area (Å²) < 4.78 is 20.2. The van der Waals surface area contributed by atoms with Gasteiger partial charge >= 0.3 is 0 Å². The van der Waals surface area contributed by atoms with Crippen molar-refractivity contribution in [2.45, 2.75) is 38.0 Å². The van der Waals surface area contributed by atoms with Crippen LogP contribution in [0.1, 0.15) is 32.2 Å². The van der Waals surface area contributed by atoms with Gasteiger partial charge in [-0.1, -0.05) is 6.92 Å². The van der Waals surface area contributed by atoms with Crippen LogP contribution in [0.5, 0.6) is 5.75 Å². The van der Waals surface area contributed by atoms with Gasteiger partial charge in [-0.15, -0.1) is 0 Å². The van der Waals surface area contributed by atoms with Crippen molar-refractivity contribution in [3.63, 3.8) is 0 Å². The van der Waals surface area contributed by atoms with Gasteiger partial charge in [-0.25, -0.2) is 0 Å². The second kappa shape index (κ2) is 5.76. The fourth-order valence-corrected chi connectivity index (χ4v) is 4.43. The molecule has 1 aromatic heterocycles. The van der Waals surface area contributed by atoms with Gasteiger partial charge in [-0.3, -0.25) is 4.68 Å². The molecule has 23 heavy (non-hydrogen) atoms. The van der Waals surface area contributed by atoms with Crippen LogP contribution in [0.4, 0.5) is 0 Å². The molecule has 1 spiro atoms. The Hall–Kier alpha value is -1.11. The number of hydrogen-bond donors (Lipinski definition) is 0. The number of rotatable bonds is 2. The Bertz CT molecular complexity index is 724. The molecule has 1 aliphatic carbocycles. The molecule has 6 heteroatoms. The molecule has 2 aliphatic rings. The summed E-state index contributed by atoms with van der Waals surface area (Å²) in [5.74, 6) is 0.932. The van der Waals surface area contributed by atoms with E-state index in [0.717, 1.165) is 53.6 Å². The average molecular weight is 381 g/mol. The highest BCUT2D eigenvalue weighted by molar-refractivity contribution is 9.10. The smallest absolute Gasteiger partial charge is 0.168 e. The van der Waals surface area contributed by atoms with Crippen LogP contribution in [-0.2, 0) is 9.47 Å². The highest BCUT2D eigenvalue weighted by atomic mass is 79.9. The number of halogens is 1. The highest BCUT2D eigenvalue weighted by Crippen LogP contribution is 2.44. The van der Waals surface area contributed by atoms with E-state index in [0.29, 0.717) is 12.0 Å². The molecule has 0 bridgehead atoms. The van der Waals surface area contributed by atoms with E-state index in [1.807, 2.05) is 6.07 Å². The minimum absolute atomic E-state index is 0.339. The van der Waals surface area contributed by atoms with E-state index in [1.54, 1.807) is 7.11 Å². The van der Waals surface area contributed by atoms with Crippen molar-refractivity contribution in [2.75, 3.05) is 20.3 Å². The van der Waals surface area contributed by atoms with Gasteiger partial charge in [-0.05, 0) is 34.3 Å². The molecule has 5 nitrogen and oxygen atoms in total. The zero-order valence-corrected chi connectivity index (χ0v) is 15.0. The molecule has 1 saturated heterocycles. The third-order valence-corrected chi connectivity index (χ3v) is 5.68. The Morgan fingerprint density at radius 3 is 2.83 bits per heavy atom. The molecule has 1 aliphatic heterocycles. The Labute approximate surface area is 144 Å². The highest BCUT2D eigenvalue weighted by Gasteiger charge is 2.44. The molecule has 0 unspecified atom stereocenters. The van der Waals surface area contributed by atoms with Crippen molar-refractivity contribution >= 4 is 26.8 Å². The zero-order valence-electron chi connectivity index (χ0n) is 13.4. The first-order valence-electron chi connectivity index (χ1n) is 8.10. The largest absolute Gasteiger partial charge is 0.495 e. The summed E-state index contributed by atoms with van der Waals surface area (Å²) in [6.45, 7) is 3.70. The number of aromatic nitrogens is 2. The van der Waals surface area contributed by atoms with E-state index in [-0.39, 0.29) is 5.79 Å². The molecule has 4 rings (SSSR count). The number of nitrogens with zero attached hydrogens (tertiary/aromatic N) is 2. The summed E-state index contributed by atoms with van der Waals surface area (Å²) in [6, 6.07) is 4.43. The van der Waals surface area contributed by atoms with Crippen LogP contribution in [0.15, 0.2) is 22.8 Å². The number of fused-ring (bicyclic) bond motifs is 1. The molecular weight excluding hydrogens is 360 g/mol. The van der Waals surface area contributed by atoms with Crippen LogP contribution in [0.3, 0.4) is 0 Å². The zero-order chi connectivity index (χ0) is 16.0. The van der Waals surface area contributed by atoms with E-state index in [2.05, 4.69) is 39.8 Å². The van der Waals surface area contributed by atoms with Gasteiger partial charge < -0.3 is 14.2 Å². The summed E-state index contributed by atoms with van der Waals surface area (Å²) >= 11 is 3.54. The lowest BCUT2D eigenvalue weighted by molar-refractivity contribution is -0.192. The Kier molecular flexibility index (Phi) is 3.86. The molecular formula is C17H21BrN2O3. The average Bonchev–Trinajstić information content (AvgIpc) is 3.13. The molecule has 0 amide bonds. The van der Waals surface area contributed by atoms with Crippen LogP contribution in [0, 0.1) is 5.92 Å². The van der Waals surface area contributed by atoms with Crippen LogP contribution in [0.25, 0.3) is 10.9 Å². The van der Waals surface area contributed by atoms with Crippen molar-refractivity contribution in [3.05, 3.63) is 22.8 Å². The fraction of sp³-hybridized carbons (Fsp3) is 0.588. The number of methoxy groups -OCH3 is 1. The first-order chi connectivity index (χ1) is 11.1. The predicted molar refractivity (Wildman–Crippen MR) is 90.7 cm³/mol. The van der Waals surface area contributed by atoms with Crippen molar-refractivity contribution in [3.8, 4) is 5.75 Å². The summed E-state index contributed by atoms with van der Waals surface area (Å²) in [6.07, 6.45) is 5.02. The van der Waals surface area contributed by atoms with Gasteiger partial charge in [0.05, 0.1) is 36.4 Å². The molecule has 2 atom stereocenters. The van der Waals surface area contributed by atoms with Gasteiger partial charge in [0.15, 0.2) is 5.79 Å². The molecule has 0 N–H and O–H groups in total. The van der Waals surface area contributed by atoms with Gasteiger partial charge in [0, 0.05) is 30.5 Å². The van der Waals surface area contributed by atoms with Crippen molar-refractivity contribution in [1.82, 2.24) is 9.78 Å². The van der Waals surface area contributed by atoms with Crippen LogP contribution in [0.2, 0.25) is 0 Å². The van der Waals surface area contributed by atoms with E-state index in [4.69, 9.17) is 19.3 Å². The first-order valence-corrected chi connectivity index (χ1v) is 8.90. The molecule has 2 heterocycles. The summed E-state index contributed by atoms with van der Waals surface area (Å²) in [5, 5.41) is 5.91. The van der Waals surface area contributed by atoms with Crippen molar-refractivity contribution in [1.29, 1.82) is 0 Å². The molecule has 1 saturated carbocycles. The molecule has 0 radical (unpaired) electrons. The number of ether oxygens (including phenoxy) is 3. The van der Waals surface area contributed by atoms with Gasteiger partial charge in [-0.2, -0.15) is 5.10 Å². The summed E-state index contributed by atoms with van der Waals surface area (Å²) in [4.78, 5) is 0. The van der Waals surface area contributed by atoms with E-state index in [9.17, 15) is 0 Å². The minimum Gasteiger partial charge on any atom is -0.495 e. The van der Waals surface area contributed by atoms with Crippen LogP contribution >= 0.6 is 15.9 Å². The number of benzene rings is 1. The molecule has 1 aromatic carbocycles. The lowest BCUT2D eigenvalue weighted by atomic mass is 9.82. The maximum Gasteiger partial charge on any atom is 0.168 e. The van der Waals surface area contributed by atoms with E-state index >= 15 is 0 Å². The second-order valence-electron chi connectivity index (χ2n) is 6.55. The maximum absolute atomic E-state index is 5.87. The fourth-order valence-electron chi connectivity index (χ4n) is 3.90. The Morgan fingerprint density at radius 1 is 1.35 bits per heavy atom. The van der Waals surface area contributed by atoms with Crippen molar-refractivity contribution < 1.29 is 14.2 Å². The predicted octanol–water partition coefficient (Wildman–Crippen LogP) is 3.91. The monoisotopic (exact) mass is 380 g/mol. The molecule has 124 valence electrons. The number of hydrogen-bond acceptors (Lipinski definition) is 4. The Balaban J connectivity index is 1.61. The van der Waals surface area contributed by atoms with Gasteiger partial charge in [0.2, 0.25) is 0 Å². The third-order valence-electron chi connectivity index (χ3n) is 5.06. The van der Waals surface area contributed by atoms with Crippen LogP contribution in [-0.4, -0.2) is 35.9 Å². The maximum atomic E-state index is 5.87. The standard InChI is InChI=1S/C17H21BrN2O3/c1-11-9-17(22-5-6-23-17)4-3-15(11)20-10-12-7-13(18)16(21-2)8-14(12)19-20/h7-8,10-11,15H,3-6,9H2,1-2H3/t11-,15+/m1/s1. The summed E-state index contributed by atoms with van der Waals surface area (Å²) in [7, 11) is 1.67. The molecule has 2 fully saturated rings. The van der Waals surface area contributed by atoms with Crippen LogP contribution < -0.4 is 4.74 Å². The van der Waals surface area contributed by atoms with E-state index < -0.39 is 0 Å². The minimum atomic E-state index is -0.339. The first kappa shape index (κ1) is 15.4. The quantitative estimate of drug-likeness (QED) is 0.791. The Morgan fingerprint density at radius 2 is 2.13 bits per heavy atom. The normalized spacial score (nSPS) is 26.9. The third kappa shape index (κ3) is 2.66. The SMILES string of the molecule is COc1cc2nn([C@H]3CCC4(C[C@H]3C)OCCO4)cc2cc1Br. The van der Waals surface area contributed by atoms with Gasteiger partial charge in [0.1, 0.15) is 5.75 Å². The summed E-state index contributed by atoms with van der Waals surface area (Å²) in [5.41, 5.74) is 0.964. The van der Waals surface area contributed by atoms with E-state index in [1.165, 1.54) is 0 Å². The van der Waals surface area contributed by atoms with Crippen molar-refractivity contribution in [2.24, 2.45) is 5.92 Å².